The summed E-state index contributed by atoms with van der Waals surface area (Å²) >= 11 is 0. The molecule has 0 aromatic heterocycles. The largest absolute Gasteiger partial charge is 0.326 e. The molecule has 0 radical (unpaired) electrons. The first kappa shape index (κ1) is 22.2. The highest BCUT2D eigenvalue weighted by Gasteiger charge is 2.47. The van der Waals surface area contributed by atoms with Gasteiger partial charge in [-0.2, -0.15) is 0 Å². The third-order valence-corrected chi connectivity index (χ3v) is 5.07. The summed E-state index contributed by atoms with van der Waals surface area (Å²) in [5, 5.41) is 2.65. The first-order chi connectivity index (χ1) is 14.6. The highest BCUT2D eigenvalue weighted by Crippen LogP contribution is 2.30. The molecule has 1 heterocycles. The summed E-state index contributed by atoms with van der Waals surface area (Å²) in [6.07, 6.45) is 0.0889. The van der Waals surface area contributed by atoms with Gasteiger partial charge < -0.3 is 10.2 Å². The molecular weight excluding hydrogens is 394 g/mol. The fourth-order valence-electron chi connectivity index (χ4n) is 3.86. The molecule has 4 amide bonds. The van der Waals surface area contributed by atoms with Crippen LogP contribution in [0.15, 0.2) is 54.6 Å². The molecule has 1 saturated heterocycles. The third kappa shape index (κ3) is 4.99. The van der Waals surface area contributed by atoms with Crippen molar-refractivity contribution < 1.29 is 19.2 Å². The summed E-state index contributed by atoms with van der Waals surface area (Å²) in [5.41, 5.74) is 1.19. The quantitative estimate of drug-likeness (QED) is 0.752. The normalized spacial score (nSPS) is 16.4. The van der Waals surface area contributed by atoms with Crippen LogP contribution in [-0.2, 0) is 25.6 Å². The molecule has 0 spiro atoms. The zero-order valence-electron chi connectivity index (χ0n) is 18.2. The van der Waals surface area contributed by atoms with Crippen LogP contribution in [0.25, 0.3) is 0 Å². The highest BCUT2D eigenvalue weighted by atomic mass is 16.2. The van der Waals surface area contributed by atoms with Gasteiger partial charge in [0, 0.05) is 18.2 Å². The van der Waals surface area contributed by atoms with E-state index < -0.39 is 17.5 Å². The standard InChI is InChI=1S/C24H27N3O4/c1-16(28)25-18-10-12-19(13-11-18)26-21(29)15-20(23(26)31)27(24(2,3)4)22(30)14-17-8-6-5-7-9-17/h5-13,20H,14-15H2,1-4H3,(H,25,28). The van der Waals surface area contributed by atoms with Crippen molar-refractivity contribution in [1.82, 2.24) is 4.90 Å². The summed E-state index contributed by atoms with van der Waals surface area (Å²) < 4.78 is 0. The zero-order chi connectivity index (χ0) is 22.8. The maximum Gasteiger partial charge on any atom is 0.257 e. The average molecular weight is 421 g/mol. The second-order valence-corrected chi connectivity index (χ2v) is 8.61. The van der Waals surface area contributed by atoms with Crippen LogP contribution >= 0.6 is 0 Å². The number of hydrogen-bond acceptors (Lipinski definition) is 4. The van der Waals surface area contributed by atoms with Gasteiger partial charge in [0.15, 0.2) is 0 Å². The first-order valence-electron chi connectivity index (χ1n) is 10.2. The van der Waals surface area contributed by atoms with Crippen molar-refractivity contribution in [2.75, 3.05) is 10.2 Å². The Hall–Kier alpha value is -3.48. The lowest BCUT2D eigenvalue weighted by Gasteiger charge is -2.39. The van der Waals surface area contributed by atoms with Crippen LogP contribution in [0, 0.1) is 0 Å². The first-order valence-corrected chi connectivity index (χ1v) is 10.2. The SMILES string of the molecule is CC(=O)Nc1ccc(N2C(=O)CC(N(C(=O)Cc3ccccc3)C(C)(C)C)C2=O)cc1. The van der Waals surface area contributed by atoms with Crippen molar-refractivity contribution in [2.45, 2.75) is 52.1 Å². The van der Waals surface area contributed by atoms with E-state index in [1.165, 1.54) is 11.8 Å². The van der Waals surface area contributed by atoms with E-state index in [2.05, 4.69) is 5.32 Å². The fraction of sp³-hybridized carbons (Fsp3) is 0.333. The molecule has 31 heavy (non-hydrogen) atoms. The van der Waals surface area contributed by atoms with Gasteiger partial charge in [-0.25, -0.2) is 4.90 Å². The molecular formula is C24H27N3O4. The molecule has 0 bridgehead atoms. The molecule has 1 aliphatic heterocycles. The number of benzene rings is 2. The topological polar surface area (TPSA) is 86.8 Å². The van der Waals surface area contributed by atoms with Gasteiger partial charge in [-0.3, -0.25) is 19.2 Å². The fourth-order valence-corrected chi connectivity index (χ4v) is 3.86. The molecule has 1 atom stereocenters. The van der Waals surface area contributed by atoms with Crippen molar-refractivity contribution in [3.8, 4) is 0 Å². The van der Waals surface area contributed by atoms with Gasteiger partial charge in [-0.1, -0.05) is 30.3 Å². The zero-order valence-corrected chi connectivity index (χ0v) is 18.2. The van der Waals surface area contributed by atoms with Gasteiger partial charge in [-0.15, -0.1) is 0 Å². The van der Waals surface area contributed by atoms with Gasteiger partial charge in [-0.05, 0) is 50.6 Å². The van der Waals surface area contributed by atoms with Crippen LogP contribution in [0.1, 0.15) is 39.7 Å². The molecule has 1 fully saturated rings. The van der Waals surface area contributed by atoms with Gasteiger partial charge in [0.25, 0.3) is 5.91 Å². The Morgan fingerprint density at radius 1 is 1.03 bits per heavy atom. The van der Waals surface area contributed by atoms with E-state index >= 15 is 0 Å². The minimum absolute atomic E-state index is 0.0654. The second kappa shape index (κ2) is 8.71. The van der Waals surface area contributed by atoms with Crippen LogP contribution in [0.3, 0.4) is 0 Å². The van der Waals surface area contributed by atoms with E-state index in [-0.39, 0.29) is 30.6 Å². The Bertz CT molecular complexity index is 994. The van der Waals surface area contributed by atoms with Gasteiger partial charge in [0.05, 0.1) is 18.5 Å². The van der Waals surface area contributed by atoms with E-state index in [4.69, 9.17) is 0 Å². The Morgan fingerprint density at radius 2 is 1.65 bits per heavy atom. The molecule has 3 rings (SSSR count). The molecule has 0 saturated carbocycles. The third-order valence-electron chi connectivity index (χ3n) is 5.07. The summed E-state index contributed by atoms with van der Waals surface area (Å²) in [6, 6.07) is 14.9. The number of rotatable bonds is 5. The number of nitrogens with one attached hydrogen (secondary N) is 1. The van der Waals surface area contributed by atoms with Crippen LogP contribution in [-0.4, -0.2) is 40.1 Å². The van der Waals surface area contributed by atoms with Crippen LogP contribution < -0.4 is 10.2 Å². The molecule has 1 aliphatic rings. The molecule has 2 aromatic rings. The lowest BCUT2D eigenvalue weighted by molar-refractivity contribution is -0.143. The number of amides is 4. The van der Waals surface area contributed by atoms with Crippen LogP contribution in [0.5, 0.6) is 0 Å². The van der Waals surface area contributed by atoms with Gasteiger partial charge in [0.2, 0.25) is 17.7 Å². The molecule has 2 aromatic carbocycles. The van der Waals surface area contributed by atoms with E-state index in [1.54, 1.807) is 24.3 Å². The Morgan fingerprint density at radius 3 is 2.19 bits per heavy atom. The summed E-state index contributed by atoms with van der Waals surface area (Å²) in [6.45, 7) is 6.98. The number of nitrogens with zero attached hydrogens (tertiary/aromatic N) is 2. The van der Waals surface area contributed by atoms with Crippen molar-refractivity contribution in [3.63, 3.8) is 0 Å². The van der Waals surface area contributed by atoms with Gasteiger partial charge >= 0.3 is 0 Å². The van der Waals surface area contributed by atoms with E-state index in [0.717, 1.165) is 10.5 Å². The Kier molecular flexibility index (Phi) is 6.24. The molecule has 7 heteroatoms. The number of imide groups is 1. The number of hydrogen-bond donors (Lipinski definition) is 1. The molecule has 1 N–H and O–H groups in total. The lowest BCUT2D eigenvalue weighted by Crippen LogP contribution is -2.55. The Balaban J connectivity index is 1.85. The predicted octanol–water partition coefficient (Wildman–Crippen LogP) is 3.15. The number of anilines is 2. The predicted molar refractivity (Wildman–Crippen MR) is 118 cm³/mol. The number of carbonyl (C=O) groups is 4. The maximum atomic E-state index is 13.3. The van der Waals surface area contributed by atoms with E-state index in [0.29, 0.717) is 11.4 Å². The van der Waals surface area contributed by atoms with Crippen molar-refractivity contribution in [2.24, 2.45) is 0 Å². The molecule has 0 aliphatic carbocycles. The molecule has 162 valence electrons. The summed E-state index contributed by atoms with van der Waals surface area (Å²) in [7, 11) is 0. The smallest absolute Gasteiger partial charge is 0.257 e. The van der Waals surface area contributed by atoms with Crippen molar-refractivity contribution in [3.05, 3.63) is 60.2 Å². The average Bonchev–Trinajstić information content (AvgIpc) is 2.95. The minimum Gasteiger partial charge on any atom is -0.326 e. The maximum absolute atomic E-state index is 13.3. The van der Waals surface area contributed by atoms with E-state index in [9.17, 15) is 19.2 Å². The second-order valence-electron chi connectivity index (χ2n) is 8.61. The van der Waals surface area contributed by atoms with Crippen molar-refractivity contribution >= 4 is 35.0 Å². The van der Waals surface area contributed by atoms with Crippen LogP contribution in [0.2, 0.25) is 0 Å². The molecule has 7 nitrogen and oxygen atoms in total. The Labute approximate surface area is 182 Å². The van der Waals surface area contributed by atoms with Crippen LogP contribution in [0.4, 0.5) is 11.4 Å². The lowest BCUT2D eigenvalue weighted by atomic mass is 9.99. The highest BCUT2D eigenvalue weighted by molar-refractivity contribution is 6.23. The summed E-state index contributed by atoms with van der Waals surface area (Å²) in [4.78, 5) is 53.1. The summed E-state index contributed by atoms with van der Waals surface area (Å²) in [5.74, 6) is -1.19. The van der Waals surface area contributed by atoms with Gasteiger partial charge in [0.1, 0.15) is 6.04 Å². The monoisotopic (exact) mass is 421 g/mol. The molecule has 1 unspecified atom stereocenters. The minimum atomic E-state index is -0.862. The van der Waals surface area contributed by atoms with Crippen molar-refractivity contribution in [1.29, 1.82) is 0 Å². The van der Waals surface area contributed by atoms with E-state index in [1.807, 2.05) is 51.1 Å². The number of carbonyl (C=O) groups excluding carboxylic acids is 4.